The lowest BCUT2D eigenvalue weighted by atomic mass is 10.1. The maximum absolute atomic E-state index is 11.3. The van der Waals surface area contributed by atoms with Gasteiger partial charge in [0.1, 0.15) is 0 Å². The molecule has 0 spiro atoms. The highest BCUT2D eigenvalue weighted by molar-refractivity contribution is 7.14. The quantitative estimate of drug-likeness (QED) is 0.850. The minimum Gasteiger partial charge on any atom is -0.299 e. The number of aromatic nitrogens is 1. The Morgan fingerprint density at radius 2 is 2.37 bits per heavy atom. The number of hydrogen-bond acceptors (Lipinski definition) is 4. The van der Waals surface area contributed by atoms with Gasteiger partial charge in [-0.15, -0.1) is 11.3 Å². The molecule has 0 fully saturated rings. The SMILES string of the molecule is CCCN1CCC=C(c2csc(N(C)C(C)=O)n2)C1. The van der Waals surface area contributed by atoms with Crippen molar-refractivity contribution < 1.29 is 4.79 Å². The zero-order valence-electron chi connectivity index (χ0n) is 11.8. The van der Waals surface area contributed by atoms with Crippen LogP contribution in [0, 0.1) is 0 Å². The average molecular weight is 279 g/mol. The Morgan fingerprint density at radius 3 is 3.05 bits per heavy atom. The van der Waals surface area contributed by atoms with E-state index in [1.165, 1.54) is 23.3 Å². The number of carbonyl (C=O) groups is 1. The highest BCUT2D eigenvalue weighted by Crippen LogP contribution is 2.26. The molecule has 0 unspecified atom stereocenters. The molecule has 19 heavy (non-hydrogen) atoms. The predicted octanol–water partition coefficient (Wildman–Crippen LogP) is 2.62. The third kappa shape index (κ3) is 3.42. The molecule has 104 valence electrons. The van der Waals surface area contributed by atoms with Crippen molar-refractivity contribution >= 4 is 27.9 Å². The Kier molecular flexibility index (Phi) is 4.71. The first-order valence-electron chi connectivity index (χ1n) is 6.73. The van der Waals surface area contributed by atoms with Crippen LogP contribution in [-0.4, -0.2) is 42.5 Å². The van der Waals surface area contributed by atoms with Crippen LogP contribution in [0.5, 0.6) is 0 Å². The molecule has 0 N–H and O–H groups in total. The van der Waals surface area contributed by atoms with Crippen molar-refractivity contribution in [3.63, 3.8) is 0 Å². The lowest BCUT2D eigenvalue weighted by Crippen LogP contribution is -2.30. The fourth-order valence-corrected chi connectivity index (χ4v) is 3.06. The molecule has 1 aliphatic heterocycles. The fourth-order valence-electron chi connectivity index (χ4n) is 2.20. The Hall–Kier alpha value is -1.20. The molecule has 1 aromatic rings. The minimum atomic E-state index is 0.0196. The molecule has 0 aliphatic carbocycles. The van der Waals surface area contributed by atoms with E-state index in [9.17, 15) is 4.79 Å². The molecular weight excluding hydrogens is 258 g/mol. The van der Waals surface area contributed by atoms with E-state index < -0.39 is 0 Å². The summed E-state index contributed by atoms with van der Waals surface area (Å²) in [5.74, 6) is 0.0196. The van der Waals surface area contributed by atoms with Crippen LogP contribution < -0.4 is 4.90 Å². The second-order valence-corrected chi connectivity index (χ2v) is 5.72. The number of nitrogens with zero attached hydrogens (tertiary/aromatic N) is 3. The highest BCUT2D eigenvalue weighted by atomic mass is 32.1. The van der Waals surface area contributed by atoms with E-state index in [2.05, 4.69) is 28.3 Å². The number of rotatable bonds is 4. The molecule has 4 nitrogen and oxygen atoms in total. The number of thiazole rings is 1. The molecule has 1 aliphatic rings. The number of carbonyl (C=O) groups excluding carboxylic acids is 1. The Bertz CT molecular complexity index is 481. The van der Waals surface area contributed by atoms with Crippen LogP contribution in [0.1, 0.15) is 32.4 Å². The van der Waals surface area contributed by atoms with Crippen molar-refractivity contribution in [1.82, 2.24) is 9.88 Å². The molecule has 0 saturated heterocycles. The summed E-state index contributed by atoms with van der Waals surface area (Å²) in [5.41, 5.74) is 2.31. The summed E-state index contributed by atoms with van der Waals surface area (Å²) in [6.07, 6.45) is 4.55. The average Bonchev–Trinajstić information content (AvgIpc) is 2.88. The monoisotopic (exact) mass is 279 g/mol. The van der Waals surface area contributed by atoms with Crippen LogP contribution in [0.25, 0.3) is 5.57 Å². The van der Waals surface area contributed by atoms with Gasteiger partial charge >= 0.3 is 0 Å². The molecule has 0 aromatic carbocycles. The van der Waals surface area contributed by atoms with E-state index in [4.69, 9.17) is 0 Å². The summed E-state index contributed by atoms with van der Waals surface area (Å²) in [7, 11) is 1.77. The molecule has 0 saturated carbocycles. The zero-order valence-corrected chi connectivity index (χ0v) is 12.7. The van der Waals surface area contributed by atoms with Gasteiger partial charge in [-0.2, -0.15) is 0 Å². The summed E-state index contributed by atoms with van der Waals surface area (Å²) in [5, 5.41) is 2.83. The van der Waals surface area contributed by atoms with Crippen LogP contribution >= 0.6 is 11.3 Å². The maximum atomic E-state index is 11.3. The van der Waals surface area contributed by atoms with Crippen molar-refractivity contribution in [2.75, 3.05) is 31.6 Å². The van der Waals surface area contributed by atoms with E-state index >= 15 is 0 Å². The Balaban J connectivity index is 2.10. The molecule has 5 heteroatoms. The number of anilines is 1. The van der Waals surface area contributed by atoms with E-state index in [1.807, 2.05) is 0 Å². The van der Waals surface area contributed by atoms with Gasteiger partial charge in [0.05, 0.1) is 5.69 Å². The van der Waals surface area contributed by atoms with Crippen molar-refractivity contribution in [2.45, 2.75) is 26.7 Å². The van der Waals surface area contributed by atoms with Crippen molar-refractivity contribution in [3.8, 4) is 0 Å². The van der Waals surface area contributed by atoms with Gasteiger partial charge in [-0.05, 0) is 25.0 Å². The van der Waals surface area contributed by atoms with Crippen LogP contribution in [0.2, 0.25) is 0 Å². The molecule has 1 aromatic heterocycles. The summed E-state index contributed by atoms with van der Waals surface area (Å²) in [6, 6.07) is 0. The second kappa shape index (κ2) is 6.30. The van der Waals surface area contributed by atoms with Crippen molar-refractivity contribution in [3.05, 3.63) is 17.2 Å². The van der Waals surface area contributed by atoms with Crippen molar-refractivity contribution in [2.24, 2.45) is 0 Å². The normalized spacial score (nSPS) is 16.3. The van der Waals surface area contributed by atoms with Crippen molar-refractivity contribution in [1.29, 1.82) is 0 Å². The second-order valence-electron chi connectivity index (χ2n) is 4.89. The standard InChI is InChI=1S/C14H21N3OS/c1-4-7-17-8-5-6-12(9-17)13-10-19-14(15-13)16(3)11(2)18/h6,10H,4-5,7-9H2,1-3H3. The van der Waals surface area contributed by atoms with E-state index in [1.54, 1.807) is 18.9 Å². The van der Waals surface area contributed by atoms with Gasteiger partial charge in [0.25, 0.3) is 0 Å². The van der Waals surface area contributed by atoms with Gasteiger partial charge in [-0.25, -0.2) is 4.98 Å². The topological polar surface area (TPSA) is 36.4 Å². The Morgan fingerprint density at radius 1 is 1.58 bits per heavy atom. The van der Waals surface area contributed by atoms with Gasteiger partial charge in [0, 0.05) is 32.4 Å². The van der Waals surface area contributed by atoms with Crippen LogP contribution in [-0.2, 0) is 4.79 Å². The first-order chi connectivity index (χ1) is 9.11. The van der Waals surface area contributed by atoms with E-state index in [0.29, 0.717) is 0 Å². The van der Waals surface area contributed by atoms with E-state index in [-0.39, 0.29) is 5.91 Å². The molecule has 0 atom stereocenters. The smallest absolute Gasteiger partial charge is 0.225 e. The summed E-state index contributed by atoms with van der Waals surface area (Å²) in [6.45, 7) is 7.02. The lowest BCUT2D eigenvalue weighted by Gasteiger charge is -2.26. The molecule has 1 amide bonds. The third-order valence-electron chi connectivity index (χ3n) is 3.35. The zero-order chi connectivity index (χ0) is 13.8. The maximum Gasteiger partial charge on any atom is 0.225 e. The highest BCUT2D eigenvalue weighted by Gasteiger charge is 2.17. The lowest BCUT2D eigenvalue weighted by molar-refractivity contribution is -0.116. The largest absolute Gasteiger partial charge is 0.299 e. The Labute approximate surface area is 118 Å². The summed E-state index contributed by atoms with van der Waals surface area (Å²) in [4.78, 5) is 20.0. The van der Waals surface area contributed by atoms with Gasteiger partial charge in [0.15, 0.2) is 5.13 Å². The number of hydrogen-bond donors (Lipinski definition) is 0. The van der Waals surface area contributed by atoms with Crippen LogP contribution in [0.3, 0.4) is 0 Å². The molecule has 2 heterocycles. The van der Waals surface area contributed by atoms with E-state index in [0.717, 1.165) is 36.9 Å². The van der Waals surface area contributed by atoms with Crippen LogP contribution in [0.15, 0.2) is 11.5 Å². The first kappa shape index (κ1) is 14.2. The first-order valence-corrected chi connectivity index (χ1v) is 7.61. The molecule has 0 bridgehead atoms. The molecule has 2 rings (SSSR count). The van der Waals surface area contributed by atoms with Gasteiger partial charge in [0.2, 0.25) is 5.91 Å². The fraction of sp³-hybridized carbons (Fsp3) is 0.571. The van der Waals surface area contributed by atoms with Crippen LogP contribution in [0.4, 0.5) is 5.13 Å². The predicted molar refractivity (Wildman–Crippen MR) is 80.5 cm³/mol. The minimum absolute atomic E-state index is 0.0196. The summed E-state index contributed by atoms with van der Waals surface area (Å²) >= 11 is 1.53. The molecular formula is C14H21N3OS. The summed E-state index contributed by atoms with van der Waals surface area (Å²) < 4.78 is 0. The molecule has 0 radical (unpaired) electrons. The third-order valence-corrected chi connectivity index (χ3v) is 4.27. The van der Waals surface area contributed by atoms with Gasteiger partial charge in [-0.3, -0.25) is 14.6 Å². The number of amides is 1. The van der Waals surface area contributed by atoms with Gasteiger partial charge in [-0.1, -0.05) is 13.0 Å². The van der Waals surface area contributed by atoms with Gasteiger partial charge < -0.3 is 0 Å².